The molecule has 0 unspecified atom stereocenters. The summed E-state index contributed by atoms with van der Waals surface area (Å²) in [6.07, 6.45) is 4.67. The van der Waals surface area contributed by atoms with Gasteiger partial charge in [-0.2, -0.15) is 5.10 Å². The molecule has 0 fully saturated rings. The second kappa shape index (κ2) is 1.69. The summed E-state index contributed by atoms with van der Waals surface area (Å²) in [5, 5.41) is 6.82. The van der Waals surface area contributed by atoms with Crippen molar-refractivity contribution in [2.24, 2.45) is 4.99 Å². The molecule has 1 aromatic heterocycles. The Labute approximate surface area is 52.8 Å². The van der Waals surface area contributed by atoms with Gasteiger partial charge in [0.2, 0.25) is 0 Å². The predicted molar refractivity (Wildman–Crippen MR) is 34.5 cm³/mol. The molecule has 0 aliphatic carbocycles. The molecule has 9 heavy (non-hydrogen) atoms. The van der Waals surface area contributed by atoms with Crippen molar-refractivity contribution in [2.75, 3.05) is 0 Å². The molecular formula is C6H7N3. The molecule has 0 aromatic carbocycles. The number of nitrogens with zero attached hydrogens (tertiary/aromatic N) is 2. The van der Waals surface area contributed by atoms with Gasteiger partial charge in [-0.05, 0) is 0 Å². The Kier molecular flexibility index (Phi) is 0.886. The van der Waals surface area contributed by atoms with E-state index in [4.69, 9.17) is 0 Å². The monoisotopic (exact) mass is 121 g/mol. The zero-order chi connectivity index (χ0) is 6.10. The molecule has 2 rings (SSSR count). The third-order valence-electron chi connectivity index (χ3n) is 1.49. The van der Waals surface area contributed by atoms with Gasteiger partial charge >= 0.3 is 0 Å². The molecule has 3 nitrogen and oxygen atoms in total. The highest BCUT2D eigenvalue weighted by molar-refractivity contribution is 5.63. The molecule has 0 amide bonds. The second-order valence-corrected chi connectivity index (χ2v) is 2.10. The molecule has 1 aliphatic heterocycles. The molecular weight excluding hydrogens is 114 g/mol. The van der Waals surface area contributed by atoms with Crippen LogP contribution in [0.3, 0.4) is 0 Å². The third-order valence-corrected chi connectivity index (χ3v) is 1.49. The first-order valence-corrected chi connectivity index (χ1v) is 2.96. The van der Waals surface area contributed by atoms with E-state index in [-0.39, 0.29) is 0 Å². The summed E-state index contributed by atoms with van der Waals surface area (Å²) in [7, 11) is 0. The van der Waals surface area contributed by atoms with E-state index in [1.807, 2.05) is 12.4 Å². The third kappa shape index (κ3) is 0.650. The Morgan fingerprint density at radius 2 is 2.56 bits per heavy atom. The fourth-order valence-corrected chi connectivity index (χ4v) is 0.970. The average molecular weight is 121 g/mol. The smallest absolute Gasteiger partial charge is 0.0669 e. The van der Waals surface area contributed by atoms with Crippen molar-refractivity contribution in [1.82, 2.24) is 10.2 Å². The van der Waals surface area contributed by atoms with Crippen molar-refractivity contribution in [2.45, 2.75) is 13.0 Å². The van der Waals surface area contributed by atoms with Crippen LogP contribution < -0.4 is 0 Å². The standard InChI is InChI=1S/C6H7N3/c1-2-7-3-5-4-8-9-6(1)5/h2,4H,1,3H2,(H,8,9). The lowest BCUT2D eigenvalue weighted by Crippen LogP contribution is -1.97. The van der Waals surface area contributed by atoms with E-state index >= 15 is 0 Å². The fourth-order valence-electron chi connectivity index (χ4n) is 0.970. The van der Waals surface area contributed by atoms with Gasteiger partial charge in [0, 0.05) is 23.9 Å². The van der Waals surface area contributed by atoms with Gasteiger partial charge in [0.15, 0.2) is 0 Å². The summed E-state index contributed by atoms with van der Waals surface area (Å²) < 4.78 is 0. The quantitative estimate of drug-likeness (QED) is 0.534. The topological polar surface area (TPSA) is 41.0 Å². The maximum atomic E-state index is 4.11. The van der Waals surface area contributed by atoms with Crippen LogP contribution in [0.25, 0.3) is 0 Å². The second-order valence-electron chi connectivity index (χ2n) is 2.10. The zero-order valence-corrected chi connectivity index (χ0v) is 4.96. The molecule has 2 heterocycles. The van der Waals surface area contributed by atoms with Gasteiger partial charge in [-0.25, -0.2) is 0 Å². The average Bonchev–Trinajstić information content (AvgIpc) is 2.33. The Hall–Kier alpha value is -1.12. The fraction of sp³-hybridized carbons (Fsp3) is 0.333. The van der Waals surface area contributed by atoms with E-state index < -0.39 is 0 Å². The normalized spacial score (nSPS) is 15.6. The van der Waals surface area contributed by atoms with Gasteiger partial charge < -0.3 is 0 Å². The van der Waals surface area contributed by atoms with Gasteiger partial charge in [-0.3, -0.25) is 10.1 Å². The van der Waals surface area contributed by atoms with Crippen molar-refractivity contribution < 1.29 is 0 Å². The van der Waals surface area contributed by atoms with Gasteiger partial charge in [0.05, 0.1) is 12.7 Å². The molecule has 0 saturated heterocycles. The van der Waals surface area contributed by atoms with Gasteiger partial charge in [-0.1, -0.05) is 0 Å². The van der Waals surface area contributed by atoms with Gasteiger partial charge in [0.1, 0.15) is 0 Å². The summed E-state index contributed by atoms with van der Waals surface area (Å²) in [5.74, 6) is 0. The minimum absolute atomic E-state index is 0.797. The van der Waals surface area contributed by atoms with Crippen molar-refractivity contribution in [1.29, 1.82) is 0 Å². The Morgan fingerprint density at radius 1 is 1.56 bits per heavy atom. The van der Waals surface area contributed by atoms with Crippen LogP contribution in [0.2, 0.25) is 0 Å². The summed E-state index contributed by atoms with van der Waals surface area (Å²) in [6.45, 7) is 0.797. The number of nitrogens with one attached hydrogen (secondary N) is 1. The molecule has 0 atom stereocenters. The van der Waals surface area contributed by atoms with Crippen LogP contribution in [0.5, 0.6) is 0 Å². The molecule has 0 saturated carbocycles. The van der Waals surface area contributed by atoms with Gasteiger partial charge in [-0.15, -0.1) is 0 Å². The Bertz CT molecular complexity index is 214. The number of rotatable bonds is 0. The van der Waals surface area contributed by atoms with Crippen LogP contribution in [0.4, 0.5) is 0 Å². The molecule has 46 valence electrons. The van der Waals surface area contributed by atoms with E-state index in [9.17, 15) is 0 Å². The zero-order valence-electron chi connectivity index (χ0n) is 4.96. The summed E-state index contributed by atoms with van der Waals surface area (Å²) in [5.41, 5.74) is 2.45. The van der Waals surface area contributed by atoms with Crippen molar-refractivity contribution in [3.8, 4) is 0 Å². The van der Waals surface area contributed by atoms with E-state index in [2.05, 4.69) is 15.2 Å². The van der Waals surface area contributed by atoms with Crippen LogP contribution in [-0.2, 0) is 13.0 Å². The maximum Gasteiger partial charge on any atom is 0.0669 e. The summed E-state index contributed by atoms with van der Waals surface area (Å²) in [6, 6.07) is 0. The minimum atomic E-state index is 0.797. The molecule has 0 spiro atoms. The maximum absolute atomic E-state index is 4.11. The molecule has 0 bridgehead atoms. The lowest BCUT2D eigenvalue weighted by Gasteiger charge is -2.00. The Balaban J connectivity index is 2.46. The molecule has 1 aliphatic rings. The summed E-state index contributed by atoms with van der Waals surface area (Å²) >= 11 is 0. The van der Waals surface area contributed by atoms with Crippen molar-refractivity contribution in [3.63, 3.8) is 0 Å². The summed E-state index contributed by atoms with van der Waals surface area (Å²) in [4.78, 5) is 4.11. The van der Waals surface area contributed by atoms with E-state index in [1.165, 1.54) is 11.3 Å². The van der Waals surface area contributed by atoms with Crippen molar-refractivity contribution in [3.05, 3.63) is 17.5 Å². The molecule has 1 aromatic rings. The number of hydrogen-bond donors (Lipinski definition) is 1. The lowest BCUT2D eigenvalue weighted by atomic mass is 10.2. The first kappa shape index (κ1) is 4.73. The van der Waals surface area contributed by atoms with Crippen LogP contribution in [0, 0.1) is 0 Å². The molecule has 3 heteroatoms. The number of H-pyrrole nitrogens is 1. The van der Waals surface area contributed by atoms with Crippen LogP contribution in [0.1, 0.15) is 11.3 Å². The SMILES string of the molecule is C1=NCc2cn[nH]c2C1. The van der Waals surface area contributed by atoms with E-state index in [0.29, 0.717) is 0 Å². The van der Waals surface area contributed by atoms with Gasteiger partial charge in [0.25, 0.3) is 0 Å². The minimum Gasteiger partial charge on any atom is -0.292 e. The number of hydrogen-bond acceptors (Lipinski definition) is 2. The number of fused-ring (bicyclic) bond motifs is 1. The van der Waals surface area contributed by atoms with Crippen molar-refractivity contribution >= 4 is 6.21 Å². The first-order valence-electron chi connectivity index (χ1n) is 2.96. The number of aliphatic imine (C=N–C) groups is 1. The highest BCUT2D eigenvalue weighted by Crippen LogP contribution is 2.09. The van der Waals surface area contributed by atoms with Crippen LogP contribution in [-0.4, -0.2) is 16.4 Å². The highest BCUT2D eigenvalue weighted by atomic mass is 15.1. The molecule has 1 N–H and O–H groups in total. The van der Waals surface area contributed by atoms with E-state index in [0.717, 1.165) is 13.0 Å². The Morgan fingerprint density at radius 3 is 3.44 bits per heavy atom. The lowest BCUT2D eigenvalue weighted by molar-refractivity contribution is 0.972. The predicted octanol–water partition coefficient (Wildman–Crippen LogP) is 0.537. The number of aromatic amines is 1. The van der Waals surface area contributed by atoms with E-state index in [1.54, 1.807) is 0 Å². The molecule has 0 radical (unpaired) electrons. The highest BCUT2D eigenvalue weighted by Gasteiger charge is 2.05. The van der Waals surface area contributed by atoms with Crippen LogP contribution >= 0.6 is 0 Å². The largest absolute Gasteiger partial charge is 0.292 e. The first-order chi connectivity index (χ1) is 4.47. The number of aromatic nitrogens is 2. The van der Waals surface area contributed by atoms with Crippen LogP contribution in [0.15, 0.2) is 11.2 Å².